The van der Waals surface area contributed by atoms with E-state index in [1.807, 2.05) is 6.92 Å². The van der Waals surface area contributed by atoms with Crippen molar-refractivity contribution in [3.8, 4) is 0 Å². The normalized spacial score (nSPS) is 17.0. The van der Waals surface area contributed by atoms with E-state index in [-0.39, 0.29) is 0 Å². The third-order valence-corrected chi connectivity index (χ3v) is 0.702. The van der Waals surface area contributed by atoms with E-state index in [2.05, 4.69) is 5.32 Å². The summed E-state index contributed by atoms with van der Waals surface area (Å²) in [6.45, 7) is 1.93. The maximum absolute atomic E-state index is 4.78. The number of rotatable bonds is 0. The second kappa shape index (κ2) is 1.69. The highest BCUT2D eigenvalue weighted by Gasteiger charge is 1.85. The molecule has 2 heteroatoms. The van der Waals surface area contributed by atoms with Crippen LogP contribution < -0.4 is 5.32 Å². The summed E-state index contributed by atoms with van der Waals surface area (Å²) in [6.07, 6.45) is 4.99. The van der Waals surface area contributed by atoms with E-state index in [1.54, 1.807) is 18.7 Å². The topological polar surface area (TPSA) is 21.3 Å². The molecule has 1 aliphatic heterocycles. The first-order valence-corrected chi connectivity index (χ1v) is 2.13. The van der Waals surface area contributed by atoms with Crippen LogP contribution in [0, 0.1) is 0 Å². The van der Waals surface area contributed by atoms with Gasteiger partial charge in [-0.25, -0.2) is 0 Å². The molecule has 0 aromatic rings. The number of hydrogen-bond acceptors (Lipinski definition) is 2. The lowest BCUT2D eigenvalue weighted by atomic mass is 10.5. The van der Waals surface area contributed by atoms with E-state index in [4.69, 9.17) is 4.74 Å². The van der Waals surface area contributed by atoms with Gasteiger partial charge in [0, 0.05) is 11.9 Å². The van der Waals surface area contributed by atoms with Crippen LogP contribution in [0.5, 0.6) is 0 Å². The molecule has 0 unspecified atom stereocenters. The summed E-state index contributed by atoms with van der Waals surface area (Å²) < 4.78 is 4.78. The third kappa shape index (κ3) is 0.961. The van der Waals surface area contributed by atoms with Crippen LogP contribution in [0.4, 0.5) is 0 Å². The van der Waals surface area contributed by atoms with Crippen LogP contribution >= 0.6 is 0 Å². The SMILES string of the molecule is CC1=COC=CN1. The fraction of sp³-hybridized carbons (Fsp3) is 0.200. The highest BCUT2D eigenvalue weighted by Crippen LogP contribution is 1.92. The van der Waals surface area contributed by atoms with Crippen molar-refractivity contribution in [2.24, 2.45) is 0 Å². The van der Waals surface area contributed by atoms with Crippen molar-refractivity contribution in [1.82, 2.24) is 5.32 Å². The monoisotopic (exact) mass is 97.1 g/mol. The Hall–Kier alpha value is -0.920. The number of ether oxygens (including phenoxy) is 1. The lowest BCUT2D eigenvalue weighted by Gasteiger charge is -2.03. The molecule has 1 heterocycles. The summed E-state index contributed by atoms with van der Waals surface area (Å²) >= 11 is 0. The number of nitrogens with one attached hydrogen (secondary N) is 1. The molecule has 2 nitrogen and oxygen atoms in total. The van der Waals surface area contributed by atoms with Gasteiger partial charge in [0.2, 0.25) is 0 Å². The highest BCUT2D eigenvalue weighted by atomic mass is 16.5. The average Bonchev–Trinajstić information content (AvgIpc) is 1.69. The minimum atomic E-state index is 1.03. The molecule has 0 radical (unpaired) electrons. The minimum absolute atomic E-state index is 1.03. The van der Waals surface area contributed by atoms with E-state index in [0.29, 0.717) is 0 Å². The van der Waals surface area contributed by atoms with Gasteiger partial charge < -0.3 is 10.1 Å². The van der Waals surface area contributed by atoms with Crippen LogP contribution in [0.25, 0.3) is 0 Å². The highest BCUT2D eigenvalue weighted by molar-refractivity contribution is 4.99. The van der Waals surface area contributed by atoms with E-state index in [0.717, 1.165) is 5.70 Å². The quantitative estimate of drug-likeness (QED) is 0.485. The van der Waals surface area contributed by atoms with Crippen molar-refractivity contribution >= 4 is 0 Å². The molecule has 0 bridgehead atoms. The lowest BCUT2D eigenvalue weighted by molar-refractivity contribution is 0.383. The van der Waals surface area contributed by atoms with Crippen molar-refractivity contribution < 1.29 is 4.74 Å². The number of hydrogen-bond donors (Lipinski definition) is 1. The summed E-state index contributed by atoms with van der Waals surface area (Å²) in [6, 6.07) is 0. The zero-order valence-corrected chi connectivity index (χ0v) is 4.14. The molecule has 1 N–H and O–H groups in total. The Bertz CT molecular complexity index is 115. The molecule has 0 saturated heterocycles. The van der Waals surface area contributed by atoms with Gasteiger partial charge in [-0.1, -0.05) is 0 Å². The fourth-order valence-electron chi connectivity index (χ4n) is 0.380. The standard InChI is InChI=1S/C5H7NO/c1-5-4-7-3-2-6-5/h2-4,6H,1H3. The van der Waals surface area contributed by atoms with E-state index in [9.17, 15) is 0 Å². The Labute approximate surface area is 42.5 Å². The van der Waals surface area contributed by atoms with Gasteiger partial charge in [0.25, 0.3) is 0 Å². The van der Waals surface area contributed by atoms with Crippen molar-refractivity contribution in [3.05, 3.63) is 24.4 Å². The molecular weight excluding hydrogens is 90.1 g/mol. The first-order valence-electron chi connectivity index (χ1n) is 2.13. The molecule has 0 spiro atoms. The van der Waals surface area contributed by atoms with E-state index < -0.39 is 0 Å². The maximum atomic E-state index is 4.78. The van der Waals surface area contributed by atoms with Gasteiger partial charge in [-0.2, -0.15) is 0 Å². The molecule has 0 aliphatic carbocycles. The summed E-state index contributed by atoms with van der Waals surface area (Å²) in [5.74, 6) is 0. The first kappa shape index (κ1) is 4.24. The van der Waals surface area contributed by atoms with Crippen LogP contribution in [0.3, 0.4) is 0 Å². The minimum Gasteiger partial charge on any atom is -0.469 e. The van der Waals surface area contributed by atoms with Gasteiger partial charge in [0.1, 0.15) is 12.5 Å². The predicted molar refractivity (Wildman–Crippen MR) is 27.1 cm³/mol. The Balaban J connectivity index is 2.50. The molecule has 7 heavy (non-hydrogen) atoms. The van der Waals surface area contributed by atoms with Gasteiger partial charge >= 0.3 is 0 Å². The predicted octanol–water partition coefficient (Wildman–Crippen LogP) is 0.939. The zero-order chi connectivity index (χ0) is 5.11. The van der Waals surface area contributed by atoms with Gasteiger partial charge in [0.15, 0.2) is 0 Å². The van der Waals surface area contributed by atoms with E-state index in [1.165, 1.54) is 0 Å². The largest absolute Gasteiger partial charge is 0.469 e. The Morgan fingerprint density at radius 1 is 1.71 bits per heavy atom. The summed E-state index contributed by atoms with van der Waals surface area (Å²) in [7, 11) is 0. The van der Waals surface area contributed by atoms with Gasteiger partial charge in [-0.15, -0.1) is 0 Å². The van der Waals surface area contributed by atoms with Gasteiger partial charge in [-0.05, 0) is 6.92 Å². The summed E-state index contributed by atoms with van der Waals surface area (Å²) in [4.78, 5) is 0. The second-order valence-corrected chi connectivity index (χ2v) is 1.38. The maximum Gasteiger partial charge on any atom is 0.109 e. The fourth-order valence-corrected chi connectivity index (χ4v) is 0.380. The van der Waals surface area contributed by atoms with Crippen LogP contribution in [-0.4, -0.2) is 0 Å². The molecule has 0 saturated carbocycles. The zero-order valence-electron chi connectivity index (χ0n) is 4.14. The molecule has 0 fully saturated rings. The molecule has 1 rings (SSSR count). The molecular formula is C5H7NO. The molecule has 0 atom stereocenters. The molecule has 1 aliphatic rings. The smallest absolute Gasteiger partial charge is 0.109 e. The van der Waals surface area contributed by atoms with Gasteiger partial charge in [-0.3, -0.25) is 0 Å². The molecule has 38 valence electrons. The summed E-state index contributed by atoms with van der Waals surface area (Å²) in [5.41, 5.74) is 1.03. The summed E-state index contributed by atoms with van der Waals surface area (Å²) in [5, 5.41) is 2.94. The van der Waals surface area contributed by atoms with Crippen molar-refractivity contribution in [2.75, 3.05) is 0 Å². The van der Waals surface area contributed by atoms with Crippen LogP contribution in [0.15, 0.2) is 24.4 Å². The van der Waals surface area contributed by atoms with Crippen molar-refractivity contribution in [1.29, 1.82) is 0 Å². The van der Waals surface area contributed by atoms with E-state index >= 15 is 0 Å². The van der Waals surface area contributed by atoms with Crippen LogP contribution in [-0.2, 0) is 4.74 Å². The molecule has 0 amide bonds. The van der Waals surface area contributed by atoms with Crippen LogP contribution in [0.2, 0.25) is 0 Å². The first-order chi connectivity index (χ1) is 3.39. The second-order valence-electron chi connectivity index (χ2n) is 1.38. The Morgan fingerprint density at radius 2 is 2.57 bits per heavy atom. The average molecular weight is 97.1 g/mol. The third-order valence-electron chi connectivity index (χ3n) is 0.702. The van der Waals surface area contributed by atoms with Crippen molar-refractivity contribution in [2.45, 2.75) is 6.92 Å². The molecule has 0 aromatic heterocycles. The molecule has 0 aromatic carbocycles. The van der Waals surface area contributed by atoms with Gasteiger partial charge in [0.05, 0.1) is 0 Å². The Kier molecular flexibility index (Phi) is 1.02. The lowest BCUT2D eigenvalue weighted by Crippen LogP contribution is -2.04. The Morgan fingerprint density at radius 3 is 2.86 bits per heavy atom. The number of allylic oxidation sites excluding steroid dienone is 1. The van der Waals surface area contributed by atoms with Crippen LogP contribution in [0.1, 0.15) is 6.92 Å². The van der Waals surface area contributed by atoms with Crippen molar-refractivity contribution in [3.63, 3.8) is 0 Å².